The van der Waals surface area contributed by atoms with E-state index in [9.17, 15) is 4.39 Å². The van der Waals surface area contributed by atoms with Gasteiger partial charge in [-0.15, -0.1) is 0 Å². The molecule has 2 rings (SSSR count). The highest BCUT2D eigenvalue weighted by molar-refractivity contribution is 5.46. The van der Waals surface area contributed by atoms with Crippen molar-refractivity contribution < 1.29 is 9.13 Å². The molecule has 0 unspecified atom stereocenters. The number of nitrogens with two attached hydrogens (primary N) is 1. The van der Waals surface area contributed by atoms with Crippen molar-refractivity contribution in [2.45, 2.75) is 20.8 Å². The van der Waals surface area contributed by atoms with Crippen LogP contribution in [0.5, 0.6) is 11.6 Å². The molecule has 0 aliphatic carbocycles. The second kappa shape index (κ2) is 4.60. The van der Waals surface area contributed by atoms with Crippen LogP contribution in [0, 0.1) is 26.6 Å². The van der Waals surface area contributed by atoms with Crippen molar-refractivity contribution >= 4 is 5.95 Å². The lowest BCUT2D eigenvalue weighted by molar-refractivity contribution is 0.415. The molecule has 1 heterocycles. The average Bonchev–Trinajstić information content (AvgIpc) is 2.34. The quantitative estimate of drug-likeness (QED) is 0.886. The molecular weight excluding hydrogens is 233 g/mol. The number of ether oxygens (including phenoxy) is 1. The summed E-state index contributed by atoms with van der Waals surface area (Å²) >= 11 is 0. The van der Waals surface area contributed by atoms with Crippen LogP contribution in [-0.2, 0) is 0 Å². The molecule has 0 saturated heterocycles. The first kappa shape index (κ1) is 12.3. The smallest absolute Gasteiger partial charge is 0.260 e. The van der Waals surface area contributed by atoms with Crippen LogP contribution in [-0.4, -0.2) is 9.97 Å². The summed E-state index contributed by atoms with van der Waals surface area (Å²) in [6.07, 6.45) is 0.998. The fourth-order valence-electron chi connectivity index (χ4n) is 1.62. The summed E-state index contributed by atoms with van der Waals surface area (Å²) in [7, 11) is 0. The third kappa shape index (κ3) is 2.25. The molecule has 0 aliphatic rings. The van der Waals surface area contributed by atoms with Gasteiger partial charge in [0.1, 0.15) is 5.75 Å². The van der Waals surface area contributed by atoms with Gasteiger partial charge in [0.05, 0.1) is 6.20 Å². The summed E-state index contributed by atoms with van der Waals surface area (Å²) in [6, 6.07) is 3.91. The molecule has 0 aliphatic heterocycles. The number of nitrogen functional groups attached to an aromatic ring is 1. The van der Waals surface area contributed by atoms with Crippen molar-refractivity contribution in [3.05, 3.63) is 40.8 Å². The zero-order chi connectivity index (χ0) is 13.3. The highest BCUT2D eigenvalue weighted by Gasteiger charge is 2.12. The van der Waals surface area contributed by atoms with Crippen LogP contribution in [0.3, 0.4) is 0 Å². The van der Waals surface area contributed by atoms with Gasteiger partial charge in [0.2, 0.25) is 11.8 Å². The van der Waals surface area contributed by atoms with Crippen LogP contribution < -0.4 is 10.5 Å². The van der Waals surface area contributed by atoms with Crippen molar-refractivity contribution in [3.8, 4) is 11.6 Å². The Balaban J connectivity index is 2.46. The molecule has 5 heteroatoms. The van der Waals surface area contributed by atoms with Crippen molar-refractivity contribution in [1.29, 1.82) is 0 Å². The lowest BCUT2D eigenvalue weighted by Gasteiger charge is -2.13. The van der Waals surface area contributed by atoms with E-state index in [0.29, 0.717) is 5.75 Å². The molecule has 18 heavy (non-hydrogen) atoms. The van der Waals surface area contributed by atoms with Gasteiger partial charge in [-0.1, -0.05) is 12.1 Å². The number of aromatic nitrogens is 2. The van der Waals surface area contributed by atoms with Crippen molar-refractivity contribution in [3.63, 3.8) is 0 Å². The van der Waals surface area contributed by atoms with Gasteiger partial charge in [-0.25, -0.2) is 4.98 Å². The molecule has 4 nitrogen and oxygen atoms in total. The van der Waals surface area contributed by atoms with Gasteiger partial charge in [0.25, 0.3) is 5.88 Å². The molecule has 1 aromatic heterocycles. The van der Waals surface area contributed by atoms with Crippen LogP contribution in [0.4, 0.5) is 10.3 Å². The number of hydrogen-bond acceptors (Lipinski definition) is 4. The van der Waals surface area contributed by atoms with Crippen molar-refractivity contribution in [2.75, 3.05) is 5.73 Å². The first-order valence-corrected chi connectivity index (χ1v) is 5.51. The van der Waals surface area contributed by atoms with Gasteiger partial charge < -0.3 is 10.5 Å². The minimum absolute atomic E-state index is 0.0191. The van der Waals surface area contributed by atoms with Gasteiger partial charge in [0.15, 0.2) is 0 Å². The average molecular weight is 247 g/mol. The van der Waals surface area contributed by atoms with E-state index < -0.39 is 5.82 Å². The monoisotopic (exact) mass is 247 g/mol. The number of halogens is 1. The minimum Gasteiger partial charge on any atom is -0.436 e. The van der Waals surface area contributed by atoms with Gasteiger partial charge in [-0.05, 0) is 37.5 Å². The normalized spacial score (nSPS) is 10.4. The van der Waals surface area contributed by atoms with E-state index in [1.807, 2.05) is 32.9 Å². The summed E-state index contributed by atoms with van der Waals surface area (Å²) in [5.74, 6) is -0.204. The maximum absolute atomic E-state index is 13.5. The highest BCUT2D eigenvalue weighted by Crippen LogP contribution is 2.30. The first-order chi connectivity index (χ1) is 8.49. The van der Waals surface area contributed by atoms with Gasteiger partial charge >= 0.3 is 0 Å². The second-order valence-electron chi connectivity index (χ2n) is 4.14. The topological polar surface area (TPSA) is 61.0 Å². The molecule has 94 valence electrons. The van der Waals surface area contributed by atoms with Gasteiger partial charge in [-0.2, -0.15) is 9.37 Å². The Morgan fingerprint density at radius 2 is 1.83 bits per heavy atom. The van der Waals surface area contributed by atoms with Gasteiger partial charge in [-0.3, -0.25) is 0 Å². The van der Waals surface area contributed by atoms with Crippen LogP contribution in [0.2, 0.25) is 0 Å². The first-order valence-electron chi connectivity index (χ1n) is 5.51. The molecule has 0 saturated carbocycles. The maximum atomic E-state index is 13.5. The van der Waals surface area contributed by atoms with E-state index >= 15 is 0 Å². The maximum Gasteiger partial charge on any atom is 0.260 e. The van der Waals surface area contributed by atoms with Crippen LogP contribution in [0.25, 0.3) is 0 Å². The summed E-state index contributed by atoms with van der Waals surface area (Å²) < 4.78 is 19.0. The molecule has 0 spiro atoms. The van der Waals surface area contributed by atoms with E-state index in [2.05, 4.69) is 9.97 Å². The molecule has 0 amide bonds. The summed E-state index contributed by atoms with van der Waals surface area (Å²) in [6.45, 7) is 5.77. The second-order valence-corrected chi connectivity index (χ2v) is 4.14. The lowest BCUT2D eigenvalue weighted by Crippen LogP contribution is -2.01. The number of benzene rings is 1. The molecule has 0 fully saturated rings. The van der Waals surface area contributed by atoms with Crippen LogP contribution >= 0.6 is 0 Å². The molecule has 1 aromatic carbocycles. The molecule has 0 atom stereocenters. The Labute approximate surface area is 105 Å². The zero-order valence-electron chi connectivity index (χ0n) is 10.5. The largest absolute Gasteiger partial charge is 0.436 e. The number of aryl methyl sites for hydroxylation is 2. The van der Waals surface area contributed by atoms with E-state index in [-0.39, 0.29) is 11.8 Å². The molecular formula is C13H14FN3O. The summed E-state index contributed by atoms with van der Waals surface area (Å²) in [4.78, 5) is 7.30. The molecule has 2 N–H and O–H groups in total. The predicted octanol–water partition coefficient (Wildman–Crippen LogP) is 2.92. The Morgan fingerprint density at radius 1 is 1.17 bits per heavy atom. The Kier molecular flexibility index (Phi) is 3.14. The number of nitrogens with zero attached hydrogens (tertiary/aromatic N) is 2. The minimum atomic E-state index is -0.635. The lowest BCUT2D eigenvalue weighted by atomic mass is 10.1. The third-order valence-corrected chi connectivity index (χ3v) is 2.80. The summed E-state index contributed by atoms with van der Waals surface area (Å²) in [5, 5.41) is 0. The van der Waals surface area contributed by atoms with Crippen molar-refractivity contribution in [1.82, 2.24) is 9.97 Å². The predicted molar refractivity (Wildman–Crippen MR) is 67.1 cm³/mol. The van der Waals surface area contributed by atoms with E-state index in [0.717, 1.165) is 22.9 Å². The molecule has 0 bridgehead atoms. The number of hydrogen-bond donors (Lipinski definition) is 1. The van der Waals surface area contributed by atoms with Crippen molar-refractivity contribution in [2.24, 2.45) is 0 Å². The molecule has 2 aromatic rings. The Morgan fingerprint density at radius 3 is 2.56 bits per heavy atom. The van der Waals surface area contributed by atoms with Gasteiger partial charge in [0, 0.05) is 0 Å². The Bertz CT molecular complexity index is 599. The summed E-state index contributed by atoms with van der Waals surface area (Å²) in [5.41, 5.74) is 8.35. The molecule has 0 radical (unpaired) electrons. The number of anilines is 1. The van der Waals surface area contributed by atoms with Crippen LogP contribution in [0.1, 0.15) is 16.7 Å². The number of rotatable bonds is 2. The fourth-order valence-corrected chi connectivity index (χ4v) is 1.62. The highest BCUT2D eigenvalue weighted by atomic mass is 19.1. The van der Waals surface area contributed by atoms with Crippen LogP contribution in [0.15, 0.2) is 18.3 Å². The third-order valence-electron chi connectivity index (χ3n) is 2.80. The van der Waals surface area contributed by atoms with E-state index in [1.165, 1.54) is 0 Å². The van der Waals surface area contributed by atoms with E-state index in [4.69, 9.17) is 10.5 Å². The SMILES string of the molecule is Cc1ccc(C)c(Oc2nc(N)ncc2F)c1C. The Hall–Kier alpha value is -2.17. The zero-order valence-corrected chi connectivity index (χ0v) is 10.5. The van der Waals surface area contributed by atoms with E-state index in [1.54, 1.807) is 0 Å². The fraction of sp³-hybridized carbons (Fsp3) is 0.231. The standard InChI is InChI=1S/C13H14FN3O/c1-7-4-5-8(2)11(9(7)3)18-12-10(14)6-16-13(15)17-12/h4-6H,1-3H3,(H2,15,16,17).